The van der Waals surface area contributed by atoms with E-state index in [1.54, 1.807) is 36.4 Å². The van der Waals surface area contributed by atoms with Crippen LogP contribution < -0.4 is 42.6 Å². The van der Waals surface area contributed by atoms with E-state index in [9.17, 15) is 14.4 Å². The van der Waals surface area contributed by atoms with Crippen molar-refractivity contribution in [2.45, 2.75) is 25.8 Å². The Morgan fingerprint density at radius 2 is 1.78 bits per heavy atom. The minimum absolute atomic E-state index is 0.0608. The van der Waals surface area contributed by atoms with E-state index in [-0.39, 0.29) is 37.6 Å². The van der Waals surface area contributed by atoms with Crippen LogP contribution in [-0.4, -0.2) is 63.1 Å². The van der Waals surface area contributed by atoms with Gasteiger partial charge < -0.3 is 42.6 Å². The van der Waals surface area contributed by atoms with E-state index < -0.39 is 23.8 Å². The second-order valence-corrected chi connectivity index (χ2v) is 7.85. The number of amides is 3. The summed E-state index contributed by atoms with van der Waals surface area (Å²) in [5, 5.41) is 8.20. The molecule has 2 aromatic carbocycles. The number of carbonyl (C=O) groups excluding carboxylic acids is 3. The first-order valence-corrected chi connectivity index (χ1v) is 11.9. The van der Waals surface area contributed by atoms with Gasteiger partial charge in [0.2, 0.25) is 5.91 Å². The molecular weight excluding hydrogens is 478 g/mol. The van der Waals surface area contributed by atoms with E-state index >= 15 is 0 Å². The van der Waals surface area contributed by atoms with Crippen LogP contribution in [0.3, 0.4) is 0 Å². The maximum absolute atomic E-state index is 13.2. The molecule has 0 saturated heterocycles. The number of anilines is 1. The number of para-hydroxylation sites is 1. The Morgan fingerprint density at radius 1 is 1.03 bits per heavy atom. The summed E-state index contributed by atoms with van der Waals surface area (Å²) in [6.45, 7) is 3.04. The van der Waals surface area contributed by atoms with Gasteiger partial charge in [0.15, 0.2) is 5.96 Å². The Balaban J connectivity index is 2.25. The van der Waals surface area contributed by atoms with Gasteiger partial charge in [-0.3, -0.25) is 19.4 Å². The Bertz CT molecular complexity index is 1100. The van der Waals surface area contributed by atoms with Gasteiger partial charge in [0.25, 0.3) is 11.8 Å². The lowest BCUT2D eigenvalue weighted by molar-refractivity contribution is -0.118. The third-order valence-electron chi connectivity index (χ3n) is 5.14. The Hall–Kier alpha value is -4.32. The summed E-state index contributed by atoms with van der Waals surface area (Å²) in [5.74, 6) is -0.664. The summed E-state index contributed by atoms with van der Waals surface area (Å²) < 4.78 is 10.8. The summed E-state index contributed by atoms with van der Waals surface area (Å²) in [5.41, 5.74) is 17.1. The van der Waals surface area contributed by atoms with Crippen molar-refractivity contribution in [1.82, 2.24) is 10.6 Å². The molecule has 9 N–H and O–H groups in total. The first-order chi connectivity index (χ1) is 17.8. The van der Waals surface area contributed by atoms with Gasteiger partial charge in [-0.25, -0.2) is 0 Å². The van der Waals surface area contributed by atoms with Crippen LogP contribution in [0.15, 0.2) is 47.5 Å². The molecule has 1 atom stereocenters. The smallest absolute Gasteiger partial charge is 0.255 e. The van der Waals surface area contributed by atoms with Crippen molar-refractivity contribution in [3.05, 3.63) is 53.6 Å². The number of guanidine groups is 1. The number of aliphatic imine (C=N–C) groups is 1. The highest BCUT2D eigenvalue weighted by Gasteiger charge is 2.24. The maximum Gasteiger partial charge on any atom is 0.255 e. The molecular formula is C25H35N7O5. The number of nitrogens with zero attached hydrogens (tertiary/aromatic N) is 1. The molecule has 0 bridgehead atoms. The van der Waals surface area contributed by atoms with E-state index in [0.717, 1.165) is 0 Å². The highest BCUT2D eigenvalue weighted by atomic mass is 16.5. The predicted molar refractivity (Wildman–Crippen MR) is 142 cm³/mol. The zero-order valence-electron chi connectivity index (χ0n) is 21.1. The molecule has 0 fully saturated rings. The zero-order chi connectivity index (χ0) is 27.2. The van der Waals surface area contributed by atoms with E-state index in [1.807, 2.05) is 6.92 Å². The number of hydrogen-bond acceptors (Lipinski definition) is 7. The molecule has 0 heterocycles. The third kappa shape index (κ3) is 9.00. The van der Waals surface area contributed by atoms with Crippen molar-refractivity contribution in [2.24, 2.45) is 22.2 Å². The molecule has 0 saturated carbocycles. The molecule has 37 heavy (non-hydrogen) atoms. The second-order valence-electron chi connectivity index (χ2n) is 7.85. The summed E-state index contributed by atoms with van der Waals surface area (Å²) in [7, 11) is 1.44. The lowest BCUT2D eigenvalue weighted by Crippen LogP contribution is -2.44. The van der Waals surface area contributed by atoms with Gasteiger partial charge in [0, 0.05) is 25.3 Å². The van der Waals surface area contributed by atoms with Gasteiger partial charge in [-0.05, 0) is 50.1 Å². The average molecular weight is 514 g/mol. The van der Waals surface area contributed by atoms with Crippen LogP contribution in [0.25, 0.3) is 0 Å². The van der Waals surface area contributed by atoms with Gasteiger partial charge in [-0.2, -0.15) is 0 Å². The molecule has 0 aromatic heterocycles. The monoisotopic (exact) mass is 513 g/mol. The molecule has 12 heteroatoms. The molecule has 0 unspecified atom stereocenters. The van der Waals surface area contributed by atoms with E-state index in [0.29, 0.717) is 35.8 Å². The van der Waals surface area contributed by atoms with Crippen molar-refractivity contribution >= 4 is 29.4 Å². The molecule has 2 rings (SSSR count). The molecule has 0 spiro atoms. The third-order valence-corrected chi connectivity index (χ3v) is 5.14. The lowest BCUT2D eigenvalue weighted by atomic mass is 10.1. The quantitative estimate of drug-likeness (QED) is 0.120. The number of nitrogens with one attached hydrogen (secondary N) is 3. The van der Waals surface area contributed by atoms with E-state index in [4.69, 9.17) is 26.7 Å². The number of rotatable bonds is 14. The maximum atomic E-state index is 13.2. The van der Waals surface area contributed by atoms with Gasteiger partial charge in [0.05, 0.1) is 24.8 Å². The average Bonchev–Trinajstić information content (AvgIpc) is 2.89. The number of methoxy groups -OCH3 is 1. The fourth-order valence-electron chi connectivity index (χ4n) is 3.42. The predicted octanol–water partition coefficient (Wildman–Crippen LogP) is 0.573. The van der Waals surface area contributed by atoms with Gasteiger partial charge in [0.1, 0.15) is 17.5 Å². The van der Waals surface area contributed by atoms with Gasteiger partial charge in [-0.1, -0.05) is 12.1 Å². The number of ether oxygens (including phenoxy) is 2. The van der Waals surface area contributed by atoms with Crippen LogP contribution in [0.1, 0.15) is 40.5 Å². The SMILES string of the molecule is CCOc1ccccc1C(=O)N[C@H](CCCN=C(N)N)C(=O)Nc1ccc(OC)c(C(=O)NCCN)c1. The largest absolute Gasteiger partial charge is 0.496 e. The zero-order valence-corrected chi connectivity index (χ0v) is 21.1. The summed E-state index contributed by atoms with van der Waals surface area (Å²) >= 11 is 0. The first kappa shape index (κ1) is 28.9. The summed E-state index contributed by atoms with van der Waals surface area (Å²) in [4.78, 5) is 42.7. The minimum Gasteiger partial charge on any atom is -0.496 e. The number of carbonyl (C=O) groups is 3. The molecule has 0 aliphatic rings. The van der Waals surface area contributed by atoms with Crippen molar-refractivity contribution in [1.29, 1.82) is 0 Å². The Morgan fingerprint density at radius 3 is 2.46 bits per heavy atom. The summed E-state index contributed by atoms with van der Waals surface area (Å²) in [6, 6.07) is 10.5. The van der Waals surface area contributed by atoms with Crippen molar-refractivity contribution in [3.63, 3.8) is 0 Å². The lowest BCUT2D eigenvalue weighted by Gasteiger charge is -2.20. The van der Waals surface area contributed by atoms with Crippen LogP contribution in [-0.2, 0) is 4.79 Å². The van der Waals surface area contributed by atoms with Crippen LogP contribution >= 0.6 is 0 Å². The van der Waals surface area contributed by atoms with Gasteiger partial charge >= 0.3 is 0 Å². The highest BCUT2D eigenvalue weighted by Crippen LogP contribution is 2.23. The second kappa shape index (κ2) is 14.9. The molecule has 12 nitrogen and oxygen atoms in total. The standard InChI is InChI=1S/C25H35N7O5/c1-3-37-21-9-5-4-7-17(21)23(34)32-19(8-6-13-30-25(27)28)24(35)31-16-10-11-20(36-2)18(15-16)22(33)29-14-12-26/h4-5,7,9-11,15,19H,3,6,8,12-14,26H2,1-2H3,(H,29,33)(H,31,35)(H,32,34)(H4,27,28,30)/t19-/m1/s1. The van der Waals surface area contributed by atoms with Crippen molar-refractivity contribution in [3.8, 4) is 11.5 Å². The minimum atomic E-state index is -0.923. The van der Waals surface area contributed by atoms with Gasteiger partial charge in [-0.15, -0.1) is 0 Å². The molecule has 2 aromatic rings. The molecule has 200 valence electrons. The van der Waals surface area contributed by atoms with E-state index in [2.05, 4.69) is 20.9 Å². The molecule has 0 aliphatic heterocycles. The topological polar surface area (TPSA) is 196 Å². The van der Waals surface area contributed by atoms with Crippen LogP contribution in [0.2, 0.25) is 0 Å². The number of nitrogens with two attached hydrogens (primary N) is 3. The van der Waals surface area contributed by atoms with E-state index in [1.165, 1.54) is 13.2 Å². The molecule has 0 aliphatic carbocycles. The Labute approximate surface area is 216 Å². The fraction of sp³-hybridized carbons (Fsp3) is 0.360. The van der Waals surface area contributed by atoms with Crippen LogP contribution in [0.5, 0.6) is 11.5 Å². The first-order valence-electron chi connectivity index (χ1n) is 11.9. The van der Waals surface area contributed by atoms with Crippen molar-refractivity contribution in [2.75, 3.05) is 38.7 Å². The fourth-order valence-corrected chi connectivity index (χ4v) is 3.42. The molecule has 0 radical (unpaired) electrons. The molecule has 3 amide bonds. The Kier molecular flexibility index (Phi) is 11.7. The van der Waals surface area contributed by atoms with Crippen molar-refractivity contribution < 1.29 is 23.9 Å². The normalized spacial score (nSPS) is 11.1. The summed E-state index contributed by atoms with van der Waals surface area (Å²) in [6.07, 6.45) is 0.684. The highest BCUT2D eigenvalue weighted by molar-refractivity contribution is 6.03. The van der Waals surface area contributed by atoms with Crippen LogP contribution in [0, 0.1) is 0 Å². The van der Waals surface area contributed by atoms with Crippen LogP contribution in [0.4, 0.5) is 5.69 Å². The number of benzene rings is 2. The number of hydrogen-bond donors (Lipinski definition) is 6.